The van der Waals surface area contributed by atoms with Crippen LogP contribution in [0, 0.1) is 13.8 Å². The molecule has 2 aromatic rings. The van der Waals surface area contributed by atoms with Crippen molar-refractivity contribution < 1.29 is 35.9 Å². The molecule has 0 spiro atoms. The lowest BCUT2D eigenvalue weighted by molar-refractivity contribution is -0.274. The average molecular weight is 420 g/mol. The first kappa shape index (κ1) is 21.6. The highest BCUT2D eigenvalue weighted by Gasteiger charge is 2.32. The molecule has 0 saturated heterocycles. The van der Waals surface area contributed by atoms with Gasteiger partial charge >= 0.3 is 12.3 Å². The van der Waals surface area contributed by atoms with Gasteiger partial charge in [0.2, 0.25) is 0 Å². The molecule has 1 aromatic carbocycles. The van der Waals surface area contributed by atoms with Gasteiger partial charge in [0.15, 0.2) is 0 Å². The van der Waals surface area contributed by atoms with E-state index in [0.29, 0.717) is 11.4 Å². The molecule has 0 unspecified atom stereocenters. The Morgan fingerprint density at radius 1 is 1.14 bits per heavy atom. The molecule has 0 radical (unpaired) electrons. The third kappa shape index (κ3) is 4.58. The lowest BCUT2D eigenvalue weighted by atomic mass is 10.2. The zero-order valence-electron chi connectivity index (χ0n) is 15.5. The largest absolute Gasteiger partial charge is 0.573 e. The molecule has 1 aromatic heterocycles. The Morgan fingerprint density at radius 2 is 1.71 bits per heavy atom. The van der Waals surface area contributed by atoms with Gasteiger partial charge in [-0.25, -0.2) is 13.2 Å². The Morgan fingerprint density at radius 3 is 2.21 bits per heavy atom. The van der Waals surface area contributed by atoms with Gasteiger partial charge in [0.25, 0.3) is 10.0 Å². The van der Waals surface area contributed by atoms with Gasteiger partial charge in [-0.3, -0.25) is 4.72 Å². The van der Waals surface area contributed by atoms with Gasteiger partial charge in [-0.1, -0.05) is 0 Å². The van der Waals surface area contributed by atoms with E-state index in [1.54, 1.807) is 25.5 Å². The van der Waals surface area contributed by atoms with Crippen LogP contribution in [0.4, 0.5) is 18.9 Å². The highest BCUT2D eigenvalue weighted by atomic mass is 32.2. The molecule has 0 atom stereocenters. The van der Waals surface area contributed by atoms with Crippen molar-refractivity contribution in [3.63, 3.8) is 0 Å². The zero-order valence-corrected chi connectivity index (χ0v) is 16.4. The summed E-state index contributed by atoms with van der Waals surface area (Å²) < 4.78 is 74.9. The monoisotopic (exact) mass is 420 g/mol. The highest BCUT2D eigenvalue weighted by molar-refractivity contribution is 7.92. The van der Waals surface area contributed by atoms with Crippen molar-refractivity contribution in [3.05, 3.63) is 41.2 Å². The average Bonchev–Trinajstić information content (AvgIpc) is 2.80. The van der Waals surface area contributed by atoms with E-state index in [1.807, 2.05) is 0 Å². The number of hydrogen-bond acceptors (Lipinski definition) is 5. The van der Waals surface area contributed by atoms with Crippen molar-refractivity contribution in [2.75, 3.05) is 11.3 Å². The number of carbonyl (C=O) groups excluding carboxylic acids is 1. The van der Waals surface area contributed by atoms with Crippen LogP contribution >= 0.6 is 0 Å². The third-order valence-corrected chi connectivity index (χ3v) is 5.55. The molecule has 1 N–H and O–H groups in total. The van der Waals surface area contributed by atoms with Crippen molar-refractivity contribution in [1.29, 1.82) is 0 Å². The van der Waals surface area contributed by atoms with Gasteiger partial charge in [-0.15, -0.1) is 13.2 Å². The molecule has 0 aliphatic rings. The smallest absolute Gasteiger partial charge is 0.462 e. The van der Waals surface area contributed by atoms with Gasteiger partial charge in [0, 0.05) is 24.1 Å². The quantitative estimate of drug-likeness (QED) is 0.723. The number of carbonyl (C=O) groups is 1. The van der Waals surface area contributed by atoms with Crippen LogP contribution in [0.25, 0.3) is 0 Å². The van der Waals surface area contributed by atoms with E-state index in [9.17, 15) is 26.4 Å². The number of sulfonamides is 1. The number of rotatable bonds is 6. The summed E-state index contributed by atoms with van der Waals surface area (Å²) in [7, 11) is -2.62. The van der Waals surface area contributed by atoms with E-state index in [4.69, 9.17) is 4.74 Å². The number of benzene rings is 1. The first-order chi connectivity index (χ1) is 12.9. The minimum Gasteiger partial charge on any atom is -0.462 e. The van der Waals surface area contributed by atoms with Crippen molar-refractivity contribution >= 4 is 21.7 Å². The standard InChI is InChI=1S/C17H19F3N2O5S/c1-5-26-16(23)14-10(2)22(4)11(3)15(14)28(24,25)21-12-6-8-13(9-7-12)27-17(18,19)20/h6-9,21H,5H2,1-4H3. The fourth-order valence-electron chi connectivity index (χ4n) is 2.62. The summed E-state index contributed by atoms with van der Waals surface area (Å²) in [5.41, 5.74) is 0.631. The molecule has 0 saturated carbocycles. The maximum atomic E-state index is 12.9. The van der Waals surface area contributed by atoms with Gasteiger partial charge in [-0.05, 0) is 45.0 Å². The first-order valence-corrected chi connectivity index (χ1v) is 9.57. The van der Waals surface area contributed by atoms with Crippen LogP contribution in [0.2, 0.25) is 0 Å². The minimum atomic E-state index is -4.85. The summed E-state index contributed by atoms with van der Waals surface area (Å²) in [6, 6.07) is 4.18. The molecule has 0 aliphatic heterocycles. The predicted molar refractivity (Wildman–Crippen MR) is 94.8 cm³/mol. The molecular formula is C17H19F3N2O5S. The Bertz CT molecular complexity index is 980. The van der Waals surface area contributed by atoms with Gasteiger partial charge < -0.3 is 14.0 Å². The molecule has 2 rings (SSSR count). The second-order valence-corrected chi connectivity index (χ2v) is 7.45. The number of alkyl halides is 3. The van der Waals surface area contributed by atoms with E-state index in [-0.39, 0.29) is 22.8 Å². The molecular weight excluding hydrogens is 401 g/mol. The van der Waals surface area contributed by atoms with Crippen LogP contribution in [-0.2, 0) is 21.8 Å². The topological polar surface area (TPSA) is 86.6 Å². The molecule has 11 heteroatoms. The number of nitrogens with zero attached hydrogens (tertiary/aromatic N) is 1. The fraction of sp³-hybridized carbons (Fsp3) is 0.353. The Labute approximate surface area is 160 Å². The minimum absolute atomic E-state index is 0.00485. The second-order valence-electron chi connectivity index (χ2n) is 5.83. The van der Waals surface area contributed by atoms with Crippen LogP contribution in [0.15, 0.2) is 29.2 Å². The molecule has 154 valence electrons. The van der Waals surface area contributed by atoms with Gasteiger partial charge in [0.05, 0.1) is 6.61 Å². The SMILES string of the molecule is CCOC(=O)c1c(S(=O)(=O)Nc2ccc(OC(F)(F)F)cc2)c(C)n(C)c1C. The maximum absolute atomic E-state index is 12.9. The lowest BCUT2D eigenvalue weighted by Gasteiger charge is -2.12. The van der Waals surface area contributed by atoms with Crippen molar-refractivity contribution in [2.24, 2.45) is 7.05 Å². The molecule has 7 nitrogen and oxygen atoms in total. The number of esters is 1. The molecule has 28 heavy (non-hydrogen) atoms. The predicted octanol–water partition coefficient (Wildman–Crippen LogP) is 3.52. The Balaban J connectivity index is 2.40. The van der Waals surface area contributed by atoms with Crippen LogP contribution < -0.4 is 9.46 Å². The molecule has 0 fully saturated rings. The van der Waals surface area contributed by atoms with Crippen molar-refractivity contribution in [2.45, 2.75) is 32.0 Å². The number of anilines is 1. The van der Waals surface area contributed by atoms with E-state index in [0.717, 1.165) is 24.3 Å². The van der Waals surface area contributed by atoms with Gasteiger partial charge in [0.1, 0.15) is 16.2 Å². The fourth-order valence-corrected chi connectivity index (χ4v) is 4.19. The summed E-state index contributed by atoms with van der Waals surface area (Å²) >= 11 is 0. The Kier molecular flexibility index (Phi) is 5.97. The molecule has 0 bridgehead atoms. The van der Waals surface area contributed by atoms with Crippen LogP contribution in [-0.4, -0.2) is 31.9 Å². The summed E-state index contributed by atoms with van der Waals surface area (Å²) in [4.78, 5) is 12.0. The number of hydrogen-bond donors (Lipinski definition) is 1. The van der Waals surface area contributed by atoms with Gasteiger partial charge in [-0.2, -0.15) is 0 Å². The third-order valence-electron chi connectivity index (χ3n) is 4.01. The van der Waals surface area contributed by atoms with E-state index < -0.39 is 28.1 Å². The van der Waals surface area contributed by atoms with E-state index in [2.05, 4.69) is 9.46 Å². The van der Waals surface area contributed by atoms with Crippen LogP contribution in [0.5, 0.6) is 5.75 Å². The normalized spacial score (nSPS) is 12.0. The Hall–Kier alpha value is -2.69. The molecule has 0 aliphatic carbocycles. The summed E-state index contributed by atoms with van der Waals surface area (Å²) in [5, 5.41) is 0. The van der Waals surface area contributed by atoms with Crippen molar-refractivity contribution in [3.8, 4) is 5.75 Å². The number of halogens is 3. The molecule has 1 heterocycles. The second kappa shape index (κ2) is 7.74. The highest BCUT2D eigenvalue weighted by Crippen LogP contribution is 2.30. The maximum Gasteiger partial charge on any atom is 0.573 e. The number of nitrogens with one attached hydrogen (secondary N) is 1. The number of aromatic nitrogens is 1. The summed E-state index contributed by atoms with van der Waals surface area (Å²) in [5.74, 6) is -1.27. The van der Waals surface area contributed by atoms with E-state index >= 15 is 0 Å². The molecule has 0 amide bonds. The number of ether oxygens (including phenoxy) is 2. The summed E-state index contributed by atoms with van der Waals surface area (Å²) in [6.45, 7) is 4.78. The zero-order chi connectivity index (χ0) is 21.3. The van der Waals surface area contributed by atoms with Crippen LogP contribution in [0.3, 0.4) is 0 Å². The first-order valence-electron chi connectivity index (χ1n) is 8.09. The lowest BCUT2D eigenvalue weighted by Crippen LogP contribution is -2.18. The van der Waals surface area contributed by atoms with Crippen molar-refractivity contribution in [1.82, 2.24) is 4.57 Å². The summed E-state index contributed by atoms with van der Waals surface area (Å²) in [6.07, 6.45) is -4.85. The van der Waals surface area contributed by atoms with Crippen LogP contribution in [0.1, 0.15) is 28.7 Å². The van der Waals surface area contributed by atoms with E-state index in [1.165, 1.54) is 6.92 Å².